The van der Waals surface area contributed by atoms with E-state index in [9.17, 15) is 9.59 Å². The van der Waals surface area contributed by atoms with Crippen LogP contribution in [0.2, 0.25) is 0 Å². The fraction of sp³-hybridized carbons (Fsp3) is 0.909. The highest BCUT2D eigenvalue weighted by atomic mass is 16.6. The average Bonchev–Trinajstić information content (AvgIpc) is 2.53. The van der Waals surface area contributed by atoms with E-state index in [0.717, 1.165) is 62.7 Å². The molecular weight excluding hydrogens is 342 g/mol. The van der Waals surface area contributed by atoms with Crippen LogP contribution in [-0.4, -0.2) is 29.8 Å². The van der Waals surface area contributed by atoms with E-state index in [-0.39, 0.29) is 29.6 Å². The summed E-state index contributed by atoms with van der Waals surface area (Å²) in [4.78, 5) is 25.0. The summed E-state index contributed by atoms with van der Waals surface area (Å²) >= 11 is 0. The molecule has 1 N–H and O–H groups in total. The van der Waals surface area contributed by atoms with Gasteiger partial charge in [0.1, 0.15) is 11.7 Å². The Kier molecular flexibility index (Phi) is 4.92. The van der Waals surface area contributed by atoms with Crippen molar-refractivity contribution in [1.82, 2.24) is 5.32 Å². The molecule has 5 aliphatic carbocycles. The fourth-order valence-electron chi connectivity index (χ4n) is 6.44. The summed E-state index contributed by atoms with van der Waals surface area (Å²) in [5.74, 6) is 2.37. The minimum Gasteiger partial charge on any atom is -0.462 e. The molecule has 27 heavy (non-hydrogen) atoms. The lowest BCUT2D eigenvalue weighted by atomic mass is 9.49. The third-order valence-electron chi connectivity index (χ3n) is 7.14. The summed E-state index contributed by atoms with van der Waals surface area (Å²) < 4.78 is 11.4. The van der Waals surface area contributed by atoms with Gasteiger partial charge in [-0.25, -0.2) is 4.79 Å². The number of esters is 1. The molecule has 5 nitrogen and oxygen atoms in total. The molecule has 0 aromatic carbocycles. The molecule has 0 aromatic heterocycles. The quantitative estimate of drug-likeness (QED) is 0.731. The molecule has 0 radical (unpaired) electrons. The van der Waals surface area contributed by atoms with E-state index in [1.807, 2.05) is 20.8 Å². The van der Waals surface area contributed by atoms with E-state index in [4.69, 9.17) is 9.47 Å². The van der Waals surface area contributed by atoms with Gasteiger partial charge in [-0.1, -0.05) is 0 Å². The first-order valence-corrected chi connectivity index (χ1v) is 10.9. The zero-order valence-electron chi connectivity index (χ0n) is 17.1. The van der Waals surface area contributed by atoms with Gasteiger partial charge < -0.3 is 14.8 Å². The van der Waals surface area contributed by atoms with Gasteiger partial charge >= 0.3 is 12.1 Å². The molecule has 0 atom stereocenters. The molecule has 0 unspecified atom stereocenters. The van der Waals surface area contributed by atoms with E-state index in [2.05, 4.69) is 5.32 Å². The maximum absolute atomic E-state index is 13.1. The minimum absolute atomic E-state index is 0.0159. The predicted molar refractivity (Wildman–Crippen MR) is 102 cm³/mol. The van der Waals surface area contributed by atoms with E-state index < -0.39 is 5.60 Å². The third-order valence-corrected chi connectivity index (χ3v) is 7.14. The van der Waals surface area contributed by atoms with Crippen molar-refractivity contribution in [3.63, 3.8) is 0 Å². The van der Waals surface area contributed by atoms with Crippen molar-refractivity contribution in [2.45, 2.75) is 103 Å². The lowest BCUT2D eigenvalue weighted by molar-refractivity contribution is -0.178. The Hall–Kier alpha value is -1.26. The molecule has 0 saturated heterocycles. The van der Waals surface area contributed by atoms with Crippen LogP contribution in [0, 0.1) is 23.2 Å². The number of alkyl carbamates (subject to hydrolysis) is 1. The summed E-state index contributed by atoms with van der Waals surface area (Å²) in [6, 6.07) is 0.120. The number of amides is 1. The van der Waals surface area contributed by atoms with Gasteiger partial charge in [0.25, 0.3) is 0 Å². The van der Waals surface area contributed by atoms with Gasteiger partial charge in [-0.3, -0.25) is 4.79 Å². The summed E-state index contributed by atoms with van der Waals surface area (Å²) in [5.41, 5.74) is -0.644. The molecule has 5 rings (SSSR count). The first-order chi connectivity index (χ1) is 12.7. The summed E-state index contributed by atoms with van der Waals surface area (Å²) in [7, 11) is 0. The number of hydrogen-bond acceptors (Lipinski definition) is 4. The van der Waals surface area contributed by atoms with Crippen LogP contribution < -0.4 is 5.32 Å². The summed E-state index contributed by atoms with van der Waals surface area (Å²) in [6.45, 7) is 5.61. The normalized spacial score (nSPS) is 40.5. The van der Waals surface area contributed by atoms with Gasteiger partial charge in [0.05, 0.1) is 5.41 Å². The number of rotatable bonds is 3. The predicted octanol–water partition coefficient (Wildman–Crippen LogP) is 4.58. The zero-order chi connectivity index (χ0) is 19.2. The van der Waals surface area contributed by atoms with Crippen LogP contribution in [0.25, 0.3) is 0 Å². The van der Waals surface area contributed by atoms with Gasteiger partial charge in [0.2, 0.25) is 0 Å². The lowest BCUT2D eigenvalue weighted by Gasteiger charge is -2.55. The zero-order valence-corrected chi connectivity index (χ0v) is 17.1. The van der Waals surface area contributed by atoms with Crippen molar-refractivity contribution in [3.05, 3.63) is 0 Å². The van der Waals surface area contributed by atoms with Crippen molar-refractivity contribution in [2.75, 3.05) is 0 Å². The van der Waals surface area contributed by atoms with Crippen molar-refractivity contribution in [1.29, 1.82) is 0 Å². The number of ether oxygens (including phenoxy) is 2. The molecule has 5 heteroatoms. The molecule has 152 valence electrons. The fourth-order valence-corrected chi connectivity index (χ4v) is 6.44. The highest BCUT2D eigenvalue weighted by molar-refractivity contribution is 5.77. The Bertz CT molecular complexity index is 550. The molecule has 5 saturated carbocycles. The number of nitrogens with one attached hydrogen (secondary N) is 1. The maximum atomic E-state index is 13.1. The molecule has 5 fully saturated rings. The largest absolute Gasteiger partial charge is 0.462 e. The molecule has 0 heterocycles. The van der Waals surface area contributed by atoms with Gasteiger partial charge in [-0.2, -0.15) is 0 Å². The Morgan fingerprint density at radius 3 is 1.89 bits per heavy atom. The molecule has 5 aliphatic rings. The second kappa shape index (κ2) is 6.97. The van der Waals surface area contributed by atoms with Gasteiger partial charge in [0.15, 0.2) is 0 Å². The maximum Gasteiger partial charge on any atom is 0.407 e. The van der Waals surface area contributed by atoms with Gasteiger partial charge in [-0.05, 0) is 103 Å². The van der Waals surface area contributed by atoms with E-state index in [0.29, 0.717) is 0 Å². The second-order valence-corrected chi connectivity index (χ2v) is 10.7. The smallest absolute Gasteiger partial charge is 0.407 e. The van der Waals surface area contributed by atoms with Crippen LogP contribution in [0.5, 0.6) is 0 Å². The van der Waals surface area contributed by atoms with Crippen LogP contribution in [-0.2, 0) is 14.3 Å². The average molecular weight is 378 g/mol. The van der Waals surface area contributed by atoms with E-state index >= 15 is 0 Å². The van der Waals surface area contributed by atoms with Crippen molar-refractivity contribution >= 4 is 12.1 Å². The minimum atomic E-state index is -0.478. The van der Waals surface area contributed by atoms with E-state index in [1.54, 1.807) is 0 Å². The van der Waals surface area contributed by atoms with Gasteiger partial charge in [0, 0.05) is 6.04 Å². The molecule has 4 bridgehead atoms. The molecule has 1 amide bonds. The Labute approximate surface area is 162 Å². The number of carbonyl (C=O) groups is 2. The third kappa shape index (κ3) is 4.27. The van der Waals surface area contributed by atoms with Crippen molar-refractivity contribution in [3.8, 4) is 0 Å². The first kappa shape index (κ1) is 19.1. The topological polar surface area (TPSA) is 64.6 Å². The Morgan fingerprint density at radius 2 is 1.41 bits per heavy atom. The van der Waals surface area contributed by atoms with Crippen LogP contribution in [0.4, 0.5) is 4.79 Å². The number of hydrogen-bond donors (Lipinski definition) is 1. The summed E-state index contributed by atoms with van der Waals surface area (Å²) in [5, 5.41) is 2.96. The Balaban J connectivity index is 1.25. The Morgan fingerprint density at radius 1 is 0.889 bits per heavy atom. The highest BCUT2D eigenvalue weighted by Crippen LogP contribution is 2.60. The summed E-state index contributed by atoms with van der Waals surface area (Å²) in [6.07, 6.45) is 10.2. The van der Waals surface area contributed by atoms with Crippen LogP contribution >= 0.6 is 0 Å². The highest BCUT2D eigenvalue weighted by Gasteiger charge is 2.55. The molecule has 0 aliphatic heterocycles. The molecule has 0 spiro atoms. The SMILES string of the molecule is CC(C)(C)OC(=O)NC1CCC(OC(=O)C23CC4CC(CC(C4)C2)C3)CC1. The lowest BCUT2D eigenvalue weighted by Crippen LogP contribution is -2.51. The van der Waals surface area contributed by atoms with Crippen LogP contribution in [0.1, 0.15) is 85.0 Å². The van der Waals surface area contributed by atoms with Crippen LogP contribution in [0.15, 0.2) is 0 Å². The molecule has 0 aromatic rings. The van der Waals surface area contributed by atoms with Crippen molar-refractivity contribution in [2.24, 2.45) is 23.2 Å². The number of carbonyl (C=O) groups excluding carboxylic acids is 2. The second-order valence-electron chi connectivity index (χ2n) is 10.7. The van der Waals surface area contributed by atoms with Crippen LogP contribution in [0.3, 0.4) is 0 Å². The monoisotopic (exact) mass is 377 g/mol. The van der Waals surface area contributed by atoms with Crippen molar-refractivity contribution < 1.29 is 19.1 Å². The van der Waals surface area contributed by atoms with Gasteiger partial charge in [-0.15, -0.1) is 0 Å². The first-order valence-electron chi connectivity index (χ1n) is 10.9. The standard InChI is InChI=1S/C22H35NO4/c1-21(2,3)27-20(25)23-17-4-6-18(7-5-17)26-19(24)22-11-14-8-15(12-22)10-16(9-14)13-22/h14-18H,4-13H2,1-3H3,(H,23,25). The van der Waals surface area contributed by atoms with E-state index in [1.165, 1.54) is 19.3 Å². The molecular formula is C22H35NO4.